The van der Waals surface area contributed by atoms with Gasteiger partial charge in [-0.15, -0.1) is 0 Å². The monoisotopic (exact) mass is 386 g/mol. The number of oxazole rings is 1. The summed E-state index contributed by atoms with van der Waals surface area (Å²) in [5.41, 5.74) is 7.74. The Labute approximate surface area is 145 Å². The Hall–Kier alpha value is -1.24. The normalized spacial score (nSPS) is 17.3. The molecule has 2 heterocycles. The molecule has 0 spiro atoms. The van der Waals surface area contributed by atoms with E-state index in [4.69, 9.17) is 21.8 Å². The largest absolute Gasteiger partial charge is 1.00 e. The van der Waals surface area contributed by atoms with Crippen LogP contribution in [0.4, 0.5) is 11.7 Å². The number of quaternary nitrogens is 1. The van der Waals surface area contributed by atoms with E-state index in [0.29, 0.717) is 22.3 Å². The molecular formula is C15H20BrClN4O. The van der Waals surface area contributed by atoms with Gasteiger partial charge in [-0.2, -0.15) is 4.98 Å². The highest BCUT2D eigenvalue weighted by molar-refractivity contribution is 6.33. The van der Waals surface area contributed by atoms with E-state index in [1.54, 1.807) is 12.1 Å². The Morgan fingerprint density at radius 2 is 2.14 bits per heavy atom. The van der Waals surface area contributed by atoms with E-state index in [0.717, 1.165) is 42.7 Å². The summed E-state index contributed by atoms with van der Waals surface area (Å²) < 4.78 is 6.83. The van der Waals surface area contributed by atoms with Crippen LogP contribution in [0.1, 0.15) is 0 Å². The number of anilines is 2. The van der Waals surface area contributed by atoms with Gasteiger partial charge in [0.25, 0.3) is 6.01 Å². The molecule has 0 amide bonds. The standard InChI is InChI=1S/C15H20ClN4O.BrH/c1-3-6-20(2)7-4-19(5-8-20)15-18-13-9-11(16)12(17)10-14(13)21-15;/h3,9-10H,1,4-8,17H2,2H3;1H/q+1;/p-1. The average molecular weight is 388 g/mol. The van der Waals surface area contributed by atoms with Crippen LogP contribution in [0.5, 0.6) is 0 Å². The van der Waals surface area contributed by atoms with E-state index < -0.39 is 0 Å². The molecule has 3 rings (SSSR count). The molecule has 1 saturated heterocycles. The number of rotatable bonds is 3. The van der Waals surface area contributed by atoms with Crippen molar-refractivity contribution in [3.05, 3.63) is 29.8 Å². The third-order valence-electron chi connectivity index (χ3n) is 4.16. The Morgan fingerprint density at radius 3 is 2.77 bits per heavy atom. The first-order valence-electron chi connectivity index (χ1n) is 7.06. The minimum Gasteiger partial charge on any atom is -1.00 e. The molecule has 1 aliphatic rings. The van der Waals surface area contributed by atoms with Crippen LogP contribution in [0.2, 0.25) is 5.02 Å². The van der Waals surface area contributed by atoms with E-state index in [1.165, 1.54) is 0 Å². The van der Waals surface area contributed by atoms with Crippen molar-refractivity contribution in [2.75, 3.05) is 50.4 Å². The number of hydrogen-bond acceptors (Lipinski definition) is 4. The lowest BCUT2D eigenvalue weighted by molar-refractivity contribution is -0.904. The van der Waals surface area contributed by atoms with Crippen LogP contribution in [-0.2, 0) is 0 Å². The van der Waals surface area contributed by atoms with Gasteiger partial charge in [0.05, 0.1) is 50.5 Å². The predicted octanol–water partition coefficient (Wildman–Crippen LogP) is -0.480. The minimum atomic E-state index is 0. The van der Waals surface area contributed by atoms with Gasteiger partial charge in [-0.25, -0.2) is 0 Å². The van der Waals surface area contributed by atoms with Crippen molar-refractivity contribution in [3.63, 3.8) is 0 Å². The maximum absolute atomic E-state index is 6.02. The van der Waals surface area contributed by atoms with Crippen LogP contribution in [0.15, 0.2) is 29.2 Å². The number of fused-ring (bicyclic) bond motifs is 1. The van der Waals surface area contributed by atoms with Crippen molar-refractivity contribution < 1.29 is 25.9 Å². The Balaban J connectivity index is 0.00000176. The van der Waals surface area contributed by atoms with Gasteiger partial charge in [0.1, 0.15) is 5.52 Å². The molecule has 0 radical (unpaired) electrons. The Morgan fingerprint density at radius 1 is 1.45 bits per heavy atom. The summed E-state index contributed by atoms with van der Waals surface area (Å²) >= 11 is 6.02. The lowest BCUT2D eigenvalue weighted by atomic mass is 10.2. The van der Waals surface area contributed by atoms with Gasteiger partial charge in [-0.05, 0) is 12.1 Å². The highest BCUT2D eigenvalue weighted by Crippen LogP contribution is 2.29. The predicted molar refractivity (Wildman–Crippen MR) is 86.6 cm³/mol. The van der Waals surface area contributed by atoms with Crippen molar-refractivity contribution in [1.29, 1.82) is 0 Å². The number of nitrogen functional groups attached to an aromatic ring is 1. The Bertz CT molecular complexity index is 640. The molecule has 0 saturated carbocycles. The van der Waals surface area contributed by atoms with Gasteiger partial charge in [-0.1, -0.05) is 18.2 Å². The van der Waals surface area contributed by atoms with Crippen LogP contribution in [-0.4, -0.2) is 49.2 Å². The molecule has 1 aromatic heterocycles. The smallest absolute Gasteiger partial charge is 0.298 e. The van der Waals surface area contributed by atoms with E-state index in [9.17, 15) is 0 Å². The first-order chi connectivity index (χ1) is 10.0. The van der Waals surface area contributed by atoms with E-state index in [2.05, 4.69) is 23.5 Å². The number of hydrogen-bond donors (Lipinski definition) is 1. The Kier molecular flexibility index (Phi) is 5.04. The molecule has 1 aromatic carbocycles. The second kappa shape index (κ2) is 6.48. The van der Waals surface area contributed by atoms with Crippen LogP contribution < -0.4 is 27.6 Å². The first-order valence-corrected chi connectivity index (χ1v) is 7.43. The molecular weight excluding hydrogens is 368 g/mol. The van der Waals surface area contributed by atoms with Gasteiger partial charge >= 0.3 is 0 Å². The van der Waals surface area contributed by atoms with Crippen molar-refractivity contribution in [2.45, 2.75) is 0 Å². The number of aromatic nitrogens is 1. The van der Waals surface area contributed by atoms with Crippen molar-refractivity contribution in [3.8, 4) is 0 Å². The summed E-state index contributed by atoms with van der Waals surface area (Å²) in [5, 5.41) is 0.510. The topological polar surface area (TPSA) is 55.3 Å². The maximum Gasteiger partial charge on any atom is 0.298 e. The van der Waals surface area contributed by atoms with Gasteiger partial charge in [0.15, 0.2) is 5.58 Å². The van der Waals surface area contributed by atoms with Gasteiger partial charge in [0.2, 0.25) is 0 Å². The fourth-order valence-corrected chi connectivity index (χ4v) is 2.88. The molecule has 120 valence electrons. The maximum atomic E-state index is 6.02. The lowest BCUT2D eigenvalue weighted by Gasteiger charge is -2.40. The van der Waals surface area contributed by atoms with E-state index in [-0.39, 0.29) is 17.0 Å². The van der Waals surface area contributed by atoms with Crippen molar-refractivity contribution in [1.82, 2.24) is 4.98 Å². The quantitative estimate of drug-likeness (QED) is 0.439. The van der Waals surface area contributed by atoms with Crippen molar-refractivity contribution in [2.24, 2.45) is 0 Å². The summed E-state index contributed by atoms with van der Waals surface area (Å²) in [4.78, 5) is 6.70. The van der Waals surface area contributed by atoms with E-state index in [1.807, 2.05) is 6.08 Å². The molecule has 7 heteroatoms. The fourth-order valence-electron chi connectivity index (χ4n) is 2.72. The summed E-state index contributed by atoms with van der Waals surface area (Å²) in [6.45, 7) is 8.76. The molecule has 2 aromatic rings. The summed E-state index contributed by atoms with van der Waals surface area (Å²) in [7, 11) is 2.26. The number of piperazine rings is 1. The molecule has 22 heavy (non-hydrogen) atoms. The molecule has 0 bridgehead atoms. The third-order valence-corrected chi connectivity index (χ3v) is 4.48. The first kappa shape index (κ1) is 17.1. The van der Waals surface area contributed by atoms with Crippen molar-refractivity contribution >= 4 is 34.4 Å². The summed E-state index contributed by atoms with van der Waals surface area (Å²) in [6.07, 6.45) is 1.99. The zero-order chi connectivity index (χ0) is 15.0. The zero-order valence-corrected chi connectivity index (χ0v) is 14.9. The SMILES string of the molecule is C=CC[N+]1(C)CCN(c2nc3cc(Cl)c(N)cc3o2)CC1.[Br-]. The van der Waals surface area contributed by atoms with Gasteiger partial charge in [0, 0.05) is 6.07 Å². The fraction of sp³-hybridized carbons (Fsp3) is 0.400. The number of nitrogens with two attached hydrogens (primary N) is 1. The van der Waals surface area contributed by atoms with E-state index >= 15 is 0 Å². The van der Waals surface area contributed by atoms with Crippen LogP contribution in [0.25, 0.3) is 11.1 Å². The van der Waals surface area contributed by atoms with Gasteiger partial charge < -0.3 is 36.5 Å². The van der Waals surface area contributed by atoms with Crippen LogP contribution >= 0.6 is 11.6 Å². The molecule has 0 unspecified atom stereocenters. The number of likely N-dealkylation sites (N-methyl/N-ethyl adjacent to an activating group) is 1. The number of halogens is 2. The van der Waals surface area contributed by atoms with Gasteiger partial charge in [-0.3, -0.25) is 0 Å². The van der Waals surface area contributed by atoms with Crippen LogP contribution in [0.3, 0.4) is 0 Å². The third kappa shape index (κ3) is 3.24. The average Bonchev–Trinajstić information content (AvgIpc) is 2.83. The summed E-state index contributed by atoms with van der Waals surface area (Å²) in [6, 6.07) is 4.13. The number of nitrogens with zero attached hydrogens (tertiary/aromatic N) is 3. The highest BCUT2D eigenvalue weighted by atomic mass is 79.9. The molecule has 1 aliphatic heterocycles. The minimum absolute atomic E-state index is 0. The second-order valence-electron chi connectivity index (χ2n) is 5.86. The molecule has 0 atom stereocenters. The summed E-state index contributed by atoms with van der Waals surface area (Å²) in [5.74, 6) is 0. The zero-order valence-electron chi connectivity index (χ0n) is 12.6. The second-order valence-corrected chi connectivity index (χ2v) is 6.27. The highest BCUT2D eigenvalue weighted by Gasteiger charge is 2.29. The van der Waals surface area contributed by atoms with Crippen LogP contribution in [0, 0.1) is 0 Å². The molecule has 0 aliphatic carbocycles. The molecule has 5 nitrogen and oxygen atoms in total. The lowest BCUT2D eigenvalue weighted by Crippen LogP contribution is -3.00. The molecule has 2 N–H and O–H groups in total. The number of benzene rings is 1. The molecule has 1 fully saturated rings.